The van der Waals surface area contributed by atoms with Crippen LogP contribution in [0.25, 0.3) is 10.8 Å². The van der Waals surface area contributed by atoms with Gasteiger partial charge in [-0.15, -0.1) is 0 Å². The van der Waals surface area contributed by atoms with E-state index in [1.165, 1.54) is 16.3 Å². The summed E-state index contributed by atoms with van der Waals surface area (Å²) in [5.74, 6) is 0.161. The number of fused-ring (bicyclic) bond motifs is 1. The van der Waals surface area contributed by atoms with Crippen molar-refractivity contribution in [3.63, 3.8) is 0 Å². The first-order chi connectivity index (χ1) is 11.8. The molecule has 0 saturated carbocycles. The molecule has 1 heterocycles. The van der Waals surface area contributed by atoms with Gasteiger partial charge in [0.05, 0.1) is 19.0 Å². The Kier molecular flexibility index (Phi) is 5.72. The summed E-state index contributed by atoms with van der Waals surface area (Å²) >= 11 is 0. The molecule has 1 aliphatic heterocycles. The molecule has 0 bridgehead atoms. The third-order valence-electron chi connectivity index (χ3n) is 4.49. The Hall–Kier alpha value is -2.04. The summed E-state index contributed by atoms with van der Waals surface area (Å²) in [5.41, 5.74) is 3.55. The maximum absolute atomic E-state index is 4.79. The molecule has 2 N–H and O–H groups in total. The summed E-state index contributed by atoms with van der Waals surface area (Å²) in [6, 6.07) is 15.2. The van der Waals surface area contributed by atoms with Crippen molar-refractivity contribution < 1.29 is 0 Å². The van der Waals surface area contributed by atoms with Crippen LogP contribution in [-0.4, -0.2) is 44.3 Å². The fourth-order valence-electron chi connectivity index (χ4n) is 3.24. The minimum absolute atomic E-state index is 0.161. The molecule has 0 unspecified atom stereocenters. The summed E-state index contributed by atoms with van der Waals surface area (Å²) in [5, 5.41) is 9.23. The van der Waals surface area contributed by atoms with E-state index in [2.05, 4.69) is 66.9 Å². The molecule has 0 saturated heterocycles. The smallest absolute Gasteiger partial charge is 0.0593 e. The Bertz CT molecular complexity index is 724. The van der Waals surface area contributed by atoms with Gasteiger partial charge < -0.3 is 10.6 Å². The van der Waals surface area contributed by atoms with E-state index in [0.717, 1.165) is 44.3 Å². The predicted molar refractivity (Wildman–Crippen MR) is 104 cm³/mol. The Labute approximate surface area is 144 Å². The summed E-state index contributed by atoms with van der Waals surface area (Å²) in [6.45, 7) is 8.45. The van der Waals surface area contributed by atoms with Crippen LogP contribution in [0.4, 0.5) is 0 Å². The second-order valence-corrected chi connectivity index (χ2v) is 6.26. The molecule has 0 fully saturated rings. The molecule has 0 aliphatic carbocycles. The van der Waals surface area contributed by atoms with Crippen LogP contribution in [0.3, 0.4) is 0 Å². The number of rotatable bonds is 1. The highest BCUT2D eigenvalue weighted by Gasteiger charge is 2.19. The minimum atomic E-state index is 0.161. The molecule has 2 aromatic carbocycles. The molecule has 0 atom stereocenters. The Morgan fingerprint density at radius 1 is 0.833 bits per heavy atom. The largest absolute Gasteiger partial charge is 0.303 e. The van der Waals surface area contributed by atoms with E-state index in [1.54, 1.807) is 0 Å². The fourth-order valence-corrected chi connectivity index (χ4v) is 3.24. The molecule has 0 aromatic heterocycles. The van der Waals surface area contributed by atoms with Gasteiger partial charge in [-0.05, 0) is 30.2 Å². The number of aliphatic imine (C=N–C) groups is 2. The number of benzene rings is 2. The third-order valence-corrected chi connectivity index (χ3v) is 4.49. The fraction of sp³-hybridized carbons (Fsp3) is 0.400. The van der Waals surface area contributed by atoms with Crippen LogP contribution in [0.1, 0.15) is 25.3 Å². The van der Waals surface area contributed by atoms with Crippen LogP contribution >= 0.6 is 0 Å². The average molecular weight is 322 g/mol. The van der Waals surface area contributed by atoms with Crippen molar-refractivity contribution in [2.24, 2.45) is 9.98 Å². The van der Waals surface area contributed by atoms with Gasteiger partial charge >= 0.3 is 0 Å². The van der Waals surface area contributed by atoms with Crippen LogP contribution in [-0.2, 0) is 0 Å². The molecule has 3 rings (SSSR count). The van der Waals surface area contributed by atoms with E-state index in [-0.39, 0.29) is 5.92 Å². The zero-order valence-corrected chi connectivity index (χ0v) is 14.5. The quantitative estimate of drug-likeness (QED) is 0.848. The standard InChI is InChI=1S/C20H26N4/c1-15-20(16(2)24-12-10-22-14-21-9-11-23-15)19-8-7-17-5-3-4-6-18(17)13-19/h3-8,13,20-22H,9-12,14H2,1-2H3. The van der Waals surface area contributed by atoms with Gasteiger partial charge in [0, 0.05) is 31.2 Å². The Morgan fingerprint density at radius 3 is 2.12 bits per heavy atom. The molecule has 2 aromatic rings. The van der Waals surface area contributed by atoms with Gasteiger partial charge in [-0.1, -0.05) is 42.5 Å². The molecule has 1 aliphatic rings. The maximum Gasteiger partial charge on any atom is 0.0593 e. The van der Waals surface area contributed by atoms with Gasteiger partial charge in [-0.25, -0.2) is 0 Å². The van der Waals surface area contributed by atoms with Crippen LogP contribution in [0.2, 0.25) is 0 Å². The van der Waals surface area contributed by atoms with Crippen molar-refractivity contribution in [2.45, 2.75) is 19.8 Å². The van der Waals surface area contributed by atoms with E-state index in [1.807, 2.05) is 0 Å². The van der Waals surface area contributed by atoms with Crippen molar-refractivity contribution in [3.8, 4) is 0 Å². The number of hydrogen-bond acceptors (Lipinski definition) is 4. The topological polar surface area (TPSA) is 48.8 Å². The molecule has 0 amide bonds. The van der Waals surface area contributed by atoms with E-state index in [4.69, 9.17) is 9.98 Å². The van der Waals surface area contributed by atoms with Gasteiger partial charge in [-0.3, -0.25) is 9.98 Å². The predicted octanol–water partition coefficient (Wildman–Crippen LogP) is 3.00. The Morgan fingerprint density at radius 2 is 1.46 bits per heavy atom. The van der Waals surface area contributed by atoms with Crippen molar-refractivity contribution in [2.75, 3.05) is 32.8 Å². The molecule has 0 spiro atoms. The van der Waals surface area contributed by atoms with Gasteiger partial charge in [0.1, 0.15) is 0 Å². The van der Waals surface area contributed by atoms with E-state index < -0.39 is 0 Å². The lowest BCUT2D eigenvalue weighted by Gasteiger charge is -2.19. The zero-order chi connectivity index (χ0) is 16.8. The van der Waals surface area contributed by atoms with Crippen molar-refractivity contribution in [3.05, 3.63) is 48.0 Å². The second-order valence-electron chi connectivity index (χ2n) is 6.26. The molecule has 4 heteroatoms. The molecule has 126 valence electrons. The van der Waals surface area contributed by atoms with Crippen molar-refractivity contribution in [1.29, 1.82) is 0 Å². The molecular formula is C20H26N4. The monoisotopic (exact) mass is 322 g/mol. The van der Waals surface area contributed by atoms with Crippen LogP contribution in [0, 0.1) is 0 Å². The second kappa shape index (κ2) is 8.18. The van der Waals surface area contributed by atoms with Crippen molar-refractivity contribution in [1.82, 2.24) is 10.6 Å². The summed E-state index contributed by atoms with van der Waals surface area (Å²) in [6.07, 6.45) is 0. The van der Waals surface area contributed by atoms with E-state index >= 15 is 0 Å². The normalized spacial score (nSPS) is 20.7. The first-order valence-electron chi connectivity index (χ1n) is 8.68. The number of hydrogen-bond donors (Lipinski definition) is 2. The minimum Gasteiger partial charge on any atom is -0.303 e. The maximum atomic E-state index is 4.79. The highest BCUT2D eigenvalue weighted by Crippen LogP contribution is 2.24. The average Bonchev–Trinajstić information content (AvgIpc) is 2.59. The van der Waals surface area contributed by atoms with Gasteiger partial charge in [-0.2, -0.15) is 0 Å². The lowest BCUT2D eigenvalue weighted by Crippen LogP contribution is -2.33. The van der Waals surface area contributed by atoms with E-state index in [0.29, 0.717) is 0 Å². The van der Waals surface area contributed by atoms with Gasteiger partial charge in [0.15, 0.2) is 0 Å². The first kappa shape index (κ1) is 16.8. The number of nitrogens with one attached hydrogen (secondary N) is 2. The highest BCUT2D eigenvalue weighted by atomic mass is 15.1. The lowest BCUT2D eigenvalue weighted by atomic mass is 9.89. The van der Waals surface area contributed by atoms with Crippen LogP contribution in [0.5, 0.6) is 0 Å². The highest BCUT2D eigenvalue weighted by molar-refractivity contribution is 6.11. The summed E-state index contributed by atoms with van der Waals surface area (Å²) < 4.78 is 0. The lowest BCUT2D eigenvalue weighted by molar-refractivity contribution is 0.591. The number of nitrogens with zero attached hydrogens (tertiary/aromatic N) is 2. The summed E-state index contributed by atoms with van der Waals surface area (Å²) in [4.78, 5) is 9.58. The third kappa shape index (κ3) is 4.08. The van der Waals surface area contributed by atoms with Gasteiger partial charge in [0.2, 0.25) is 0 Å². The van der Waals surface area contributed by atoms with E-state index in [9.17, 15) is 0 Å². The molecule has 24 heavy (non-hydrogen) atoms. The zero-order valence-electron chi connectivity index (χ0n) is 14.5. The van der Waals surface area contributed by atoms with Crippen LogP contribution < -0.4 is 10.6 Å². The van der Waals surface area contributed by atoms with Crippen molar-refractivity contribution >= 4 is 22.2 Å². The summed E-state index contributed by atoms with van der Waals surface area (Å²) in [7, 11) is 0. The molecule has 4 nitrogen and oxygen atoms in total. The first-order valence-corrected chi connectivity index (χ1v) is 8.68. The van der Waals surface area contributed by atoms with Gasteiger partial charge in [0.25, 0.3) is 0 Å². The van der Waals surface area contributed by atoms with Crippen LogP contribution in [0.15, 0.2) is 52.4 Å². The Balaban J connectivity index is 1.98. The molecular weight excluding hydrogens is 296 g/mol. The molecule has 0 radical (unpaired) electrons. The SMILES string of the molecule is CC1=NCCNCNCCN=C(C)C1c1ccc2ccccc2c1.